The first-order chi connectivity index (χ1) is 33.2. The average Bonchev–Trinajstić information content (AvgIpc) is 3.69. The van der Waals surface area contributed by atoms with E-state index in [0.717, 1.165) is 84.4 Å². The van der Waals surface area contributed by atoms with Crippen molar-refractivity contribution in [2.45, 2.75) is 10.8 Å². The molecule has 67 heavy (non-hydrogen) atoms. The number of hydrogen-bond donors (Lipinski definition) is 0. The summed E-state index contributed by atoms with van der Waals surface area (Å²) in [6.07, 6.45) is 3.23. The smallest absolute Gasteiger partial charge is 0.156 e. The van der Waals surface area contributed by atoms with Crippen LogP contribution in [0.2, 0.25) is 0 Å². The van der Waals surface area contributed by atoms with Crippen molar-refractivity contribution in [1.29, 1.82) is 5.26 Å². The first-order valence-corrected chi connectivity index (χ1v) is 22.5. The molecule has 2 spiro atoms. The van der Waals surface area contributed by atoms with Crippen molar-refractivity contribution < 1.29 is 9.47 Å². The Morgan fingerprint density at radius 3 is 1.48 bits per heavy atom. The lowest BCUT2D eigenvalue weighted by Gasteiger charge is -2.49. The second-order valence-corrected chi connectivity index (χ2v) is 17.4. The average molecular weight is 857 g/mol. The van der Waals surface area contributed by atoms with Crippen LogP contribution in [0.25, 0.3) is 33.5 Å². The Morgan fingerprint density at radius 2 is 0.851 bits per heavy atom. The molecular weight excluding hydrogens is 821 g/mol. The summed E-state index contributed by atoms with van der Waals surface area (Å²) >= 11 is 0. The van der Waals surface area contributed by atoms with E-state index in [9.17, 15) is 5.26 Å². The molecule has 1 aliphatic carbocycles. The van der Waals surface area contributed by atoms with Crippen molar-refractivity contribution in [3.8, 4) is 62.6 Å². The Bertz CT molecular complexity index is 3620. The van der Waals surface area contributed by atoms with E-state index < -0.39 is 10.8 Å². The van der Waals surface area contributed by atoms with Gasteiger partial charge >= 0.3 is 0 Å². The van der Waals surface area contributed by atoms with E-state index in [1.807, 2.05) is 36.4 Å². The molecule has 0 atom stereocenters. The third kappa shape index (κ3) is 4.82. The molecule has 0 N–H and O–H groups in total. The molecule has 0 bridgehead atoms. The standard InChI is InChI=1S/C61H36N4O2/c62-36-43-38(18-13-19-41(43)52-34-35-63-37-64-52)42-20-14-27-50-58(42)67-59-51(60(50)44-21-3-1-16-39(44)40-17-2-4-22-45(40)60)28-15-31-55(59)65-53-29-9-5-23-46(53)61(47-24-6-10-30-54(47)65)48-25-7-11-32-56(48)66-57-33-12-8-26-49(57)61/h1-35,37H. The third-order valence-electron chi connectivity index (χ3n) is 14.4. The number of hydrogen-bond acceptors (Lipinski definition) is 6. The summed E-state index contributed by atoms with van der Waals surface area (Å²) < 4.78 is 14.4. The van der Waals surface area contributed by atoms with Gasteiger partial charge in [-0.05, 0) is 69.8 Å². The van der Waals surface area contributed by atoms with Gasteiger partial charge in [0.1, 0.15) is 29.6 Å². The fourth-order valence-corrected chi connectivity index (χ4v) is 12.0. The van der Waals surface area contributed by atoms with Crippen LogP contribution in [0, 0.1) is 11.3 Å². The van der Waals surface area contributed by atoms with Gasteiger partial charge in [-0.1, -0.05) is 170 Å². The van der Waals surface area contributed by atoms with Gasteiger partial charge in [0.2, 0.25) is 0 Å². The summed E-state index contributed by atoms with van der Waals surface area (Å²) in [5.74, 6) is 3.12. The van der Waals surface area contributed by atoms with Gasteiger partial charge in [0.25, 0.3) is 0 Å². The fourth-order valence-electron chi connectivity index (χ4n) is 12.0. The zero-order valence-electron chi connectivity index (χ0n) is 35.9. The van der Waals surface area contributed by atoms with Crippen LogP contribution < -0.4 is 14.4 Å². The molecule has 0 saturated heterocycles. The van der Waals surface area contributed by atoms with Crippen LogP contribution in [0.3, 0.4) is 0 Å². The SMILES string of the molecule is N#Cc1c(-c2ccncn2)cccc1-c1cccc2c1Oc1c(N3c4ccccc4C4(c5ccccc5Oc5ccccc54)c4ccccc43)cccc1C21c2ccccc2-c2ccccc21. The summed E-state index contributed by atoms with van der Waals surface area (Å²) in [7, 11) is 0. The Hall–Kier alpha value is -9.05. The van der Waals surface area contributed by atoms with Gasteiger partial charge in [-0.3, -0.25) is 0 Å². The van der Waals surface area contributed by atoms with E-state index in [1.165, 1.54) is 28.6 Å². The number of ether oxygens (including phenoxy) is 2. The summed E-state index contributed by atoms with van der Waals surface area (Å²) in [5.41, 5.74) is 16.2. The Morgan fingerprint density at radius 1 is 0.388 bits per heavy atom. The highest BCUT2D eigenvalue weighted by atomic mass is 16.5. The van der Waals surface area contributed by atoms with Gasteiger partial charge in [0.15, 0.2) is 5.75 Å². The van der Waals surface area contributed by atoms with Gasteiger partial charge in [0, 0.05) is 45.1 Å². The highest BCUT2D eigenvalue weighted by Crippen LogP contribution is 2.68. The lowest BCUT2D eigenvalue weighted by Crippen LogP contribution is -2.40. The minimum absolute atomic E-state index is 0.514. The molecule has 0 radical (unpaired) electrons. The van der Waals surface area contributed by atoms with Crippen LogP contribution in [0.15, 0.2) is 219 Å². The number of anilines is 3. The summed E-state index contributed by atoms with van der Waals surface area (Å²) in [5, 5.41) is 11.0. The summed E-state index contributed by atoms with van der Waals surface area (Å²) in [6.45, 7) is 0. The monoisotopic (exact) mass is 856 g/mol. The minimum Gasteiger partial charge on any atom is -0.457 e. The van der Waals surface area contributed by atoms with Crippen LogP contribution in [-0.2, 0) is 10.8 Å². The van der Waals surface area contributed by atoms with Gasteiger partial charge in [-0.25, -0.2) is 9.97 Å². The quantitative estimate of drug-likeness (QED) is 0.176. The molecule has 312 valence electrons. The third-order valence-corrected chi connectivity index (χ3v) is 14.4. The Balaban J connectivity index is 1.08. The van der Waals surface area contributed by atoms with Crippen molar-refractivity contribution >= 4 is 17.1 Å². The predicted octanol–water partition coefficient (Wildman–Crippen LogP) is 14.4. The molecule has 6 heteroatoms. The molecule has 0 fully saturated rings. The number of nitriles is 1. The van der Waals surface area contributed by atoms with Crippen LogP contribution in [0.4, 0.5) is 17.1 Å². The summed E-state index contributed by atoms with van der Waals surface area (Å²) in [6, 6.07) is 75.5. The number of fused-ring (bicyclic) bond motifs is 17. The number of nitrogens with zero attached hydrogens (tertiary/aromatic N) is 4. The lowest BCUT2D eigenvalue weighted by molar-refractivity contribution is 0.433. The maximum absolute atomic E-state index is 11.0. The van der Waals surface area contributed by atoms with Gasteiger partial charge < -0.3 is 14.4 Å². The van der Waals surface area contributed by atoms with Gasteiger partial charge in [-0.2, -0.15) is 5.26 Å². The molecule has 6 nitrogen and oxygen atoms in total. The van der Waals surface area contributed by atoms with Crippen molar-refractivity contribution in [1.82, 2.24) is 9.97 Å². The Kier molecular flexibility index (Phi) is 7.79. The normalized spacial score (nSPS) is 14.4. The highest BCUT2D eigenvalue weighted by Gasteiger charge is 2.54. The molecule has 3 aliphatic heterocycles. The van der Waals surface area contributed by atoms with Crippen molar-refractivity contribution in [2.24, 2.45) is 0 Å². The molecule has 4 heterocycles. The molecule has 4 aliphatic rings. The van der Waals surface area contributed by atoms with Crippen molar-refractivity contribution in [3.05, 3.63) is 269 Å². The molecule has 0 amide bonds. The molecule has 1 aromatic heterocycles. The number of para-hydroxylation sites is 6. The molecule has 14 rings (SSSR count). The van der Waals surface area contributed by atoms with Gasteiger partial charge in [-0.15, -0.1) is 0 Å². The van der Waals surface area contributed by atoms with E-state index in [2.05, 4.69) is 191 Å². The lowest BCUT2D eigenvalue weighted by atomic mass is 9.61. The van der Waals surface area contributed by atoms with E-state index in [0.29, 0.717) is 17.0 Å². The summed E-state index contributed by atoms with van der Waals surface area (Å²) in [4.78, 5) is 11.1. The molecule has 10 aromatic rings. The number of rotatable bonds is 3. The van der Waals surface area contributed by atoms with E-state index >= 15 is 0 Å². The largest absolute Gasteiger partial charge is 0.457 e. The second-order valence-electron chi connectivity index (χ2n) is 17.4. The second kappa shape index (κ2) is 14.0. The van der Waals surface area contributed by atoms with Crippen LogP contribution >= 0.6 is 0 Å². The molecule has 0 saturated carbocycles. The Labute approximate surface area is 387 Å². The zero-order chi connectivity index (χ0) is 44.3. The van der Waals surface area contributed by atoms with Crippen LogP contribution in [0.1, 0.15) is 50.1 Å². The van der Waals surface area contributed by atoms with Crippen molar-refractivity contribution in [3.63, 3.8) is 0 Å². The molecule has 9 aromatic carbocycles. The predicted molar refractivity (Wildman–Crippen MR) is 262 cm³/mol. The maximum Gasteiger partial charge on any atom is 0.156 e. The number of benzene rings is 9. The van der Waals surface area contributed by atoms with E-state index in [-0.39, 0.29) is 0 Å². The van der Waals surface area contributed by atoms with Gasteiger partial charge in [0.05, 0.1) is 39.1 Å². The first-order valence-electron chi connectivity index (χ1n) is 22.5. The minimum atomic E-state index is -0.784. The fraction of sp³-hybridized carbons (Fsp3) is 0.0328. The first kappa shape index (κ1) is 37.3. The highest BCUT2D eigenvalue weighted by molar-refractivity contribution is 5.97. The molecule has 0 unspecified atom stereocenters. The van der Waals surface area contributed by atoms with E-state index in [1.54, 1.807) is 6.20 Å². The zero-order valence-corrected chi connectivity index (χ0v) is 35.9. The topological polar surface area (TPSA) is 71.3 Å². The molecular formula is C61H36N4O2. The van der Waals surface area contributed by atoms with Crippen LogP contribution in [0.5, 0.6) is 23.0 Å². The van der Waals surface area contributed by atoms with Crippen molar-refractivity contribution in [2.75, 3.05) is 4.90 Å². The number of aromatic nitrogens is 2. The van der Waals surface area contributed by atoms with Crippen LogP contribution in [-0.4, -0.2) is 9.97 Å². The van der Waals surface area contributed by atoms with E-state index in [4.69, 9.17) is 9.47 Å². The maximum atomic E-state index is 11.0.